The van der Waals surface area contributed by atoms with Gasteiger partial charge in [0.15, 0.2) is 0 Å². The summed E-state index contributed by atoms with van der Waals surface area (Å²) in [5.41, 5.74) is 1.27. The molecule has 0 amide bonds. The molecular formula is C13H21N3O. The zero-order valence-electron chi connectivity index (χ0n) is 10.6. The molecule has 4 heteroatoms. The Bertz CT molecular complexity index is 339. The van der Waals surface area contributed by atoms with Crippen molar-refractivity contribution in [3.05, 3.63) is 23.9 Å². The molecular weight excluding hydrogens is 214 g/mol. The number of nitrogens with one attached hydrogen (secondary N) is 1. The molecule has 0 spiro atoms. The van der Waals surface area contributed by atoms with E-state index < -0.39 is 0 Å². The van der Waals surface area contributed by atoms with Gasteiger partial charge in [-0.25, -0.2) is 4.98 Å². The molecule has 2 rings (SSSR count). The van der Waals surface area contributed by atoms with Crippen LogP contribution in [0, 0.1) is 0 Å². The first-order chi connectivity index (χ1) is 8.33. The Morgan fingerprint density at radius 3 is 3.06 bits per heavy atom. The molecule has 0 bridgehead atoms. The van der Waals surface area contributed by atoms with Gasteiger partial charge in [0.05, 0.1) is 13.2 Å². The predicted octanol–water partition coefficient (Wildman–Crippen LogP) is 1.73. The van der Waals surface area contributed by atoms with E-state index in [2.05, 4.69) is 28.2 Å². The topological polar surface area (TPSA) is 37.4 Å². The van der Waals surface area contributed by atoms with Crippen LogP contribution >= 0.6 is 0 Å². The van der Waals surface area contributed by atoms with Gasteiger partial charge in [0.2, 0.25) is 0 Å². The van der Waals surface area contributed by atoms with Gasteiger partial charge >= 0.3 is 0 Å². The van der Waals surface area contributed by atoms with Crippen LogP contribution in [0.3, 0.4) is 0 Å². The fourth-order valence-electron chi connectivity index (χ4n) is 2.17. The van der Waals surface area contributed by atoms with E-state index in [-0.39, 0.29) is 0 Å². The molecule has 1 aliphatic rings. The number of ether oxygens (including phenoxy) is 1. The molecule has 94 valence electrons. The number of aromatic nitrogens is 1. The third kappa shape index (κ3) is 3.17. The van der Waals surface area contributed by atoms with Gasteiger partial charge in [0, 0.05) is 32.4 Å². The molecule has 0 saturated carbocycles. The minimum absolute atomic E-state index is 0.549. The Labute approximate surface area is 103 Å². The molecule has 2 heterocycles. The number of nitrogens with zero attached hydrogens (tertiary/aromatic N) is 2. The summed E-state index contributed by atoms with van der Waals surface area (Å²) < 4.78 is 5.51. The van der Waals surface area contributed by atoms with Crippen molar-refractivity contribution in [2.45, 2.75) is 25.9 Å². The second-order valence-electron chi connectivity index (χ2n) is 4.41. The number of hydrogen-bond donors (Lipinski definition) is 1. The molecule has 1 fully saturated rings. The molecule has 1 aliphatic heterocycles. The molecule has 4 nitrogen and oxygen atoms in total. The lowest BCUT2D eigenvalue weighted by molar-refractivity contribution is -0.0127. The van der Waals surface area contributed by atoms with Crippen molar-refractivity contribution in [3.63, 3.8) is 0 Å². The number of morpholine rings is 1. The number of rotatable bonds is 4. The van der Waals surface area contributed by atoms with Gasteiger partial charge in [0.1, 0.15) is 5.82 Å². The minimum atomic E-state index is 0.549. The van der Waals surface area contributed by atoms with Crippen LogP contribution in [-0.4, -0.2) is 42.7 Å². The first kappa shape index (κ1) is 12.3. The Morgan fingerprint density at radius 1 is 1.53 bits per heavy atom. The van der Waals surface area contributed by atoms with Gasteiger partial charge in [-0.3, -0.25) is 4.90 Å². The van der Waals surface area contributed by atoms with Gasteiger partial charge in [-0.05, 0) is 18.1 Å². The summed E-state index contributed by atoms with van der Waals surface area (Å²) in [5, 5.41) is 3.03. The first-order valence-electron chi connectivity index (χ1n) is 6.28. The SMILES string of the molecule is CCC1COCCN1Cc1ccc(NC)nc1. The zero-order chi connectivity index (χ0) is 12.1. The summed E-state index contributed by atoms with van der Waals surface area (Å²) in [6, 6.07) is 4.71. The van der Waals surface area contributed by atoms with Crippen molar-refractivity contribution in [1.29, 1.82) is 0 Å². The quantitative estimate of drug-likeness (QED) is 0.862. The normalized spacial score (nSPS) is 21.4. The largest absolute Gasteiger partial charge is 0.378 e. The van der Waals surface area contributed by atoms with Gasteiger partial charge < -0.3 is 10.1 Å². The fourth-order valence-corrected chi connectivity index (χ4v) is 2.17. The van der Waals surface area contributed by atoms with Crippen LogP contribution < -0.4 is 5.32 Å². The number of anilines is 1. The highest BCUT2D eigenvalue weighted by atomic mass is 16.5. The lowest BCUT2D eigenvalue weighted by Gasteiger charge is -2.34. The first-order valence-corrected chi connectivity index (χ1v) is 6.28. The minimum Gasteiger partial charge on any atom is -0.378 e. The van der Waals surface area contributed by atoms with Crippen molar-refractivity contribution in [3.8, 4) is 0 Å². The van der Waals surface area contributed by atoms with Crippen LogP contribution in [0.1, 0.15) is 18.9 Å². The van der Waals surface area contributed by atoms with Gasteiger partial charge in [0.25, 0.3) is 0 Å². The Balaban J connectivity index is 1.98. The summed E-state index contributed by atoms with van der Waals surface area (Å²) in [6.07, 6.45) is 3.09. The van der Waals surface area contributed by atoms with E-state index in [0.29, 0.717) is 6.04 Å². The maximum absolute atomic E-state index is 5.51. The summed E-state index contributed by atoms with van der Waals surface area (Å²) in [7, 11) is 1.89. The standard InChI is InChI=1S/C13H21N3O/c1-3-12-10-17-7-6-16(12)9-11-4-5-13(14-2)15-8-11/h4-5,8,12H,3,6-7,9-10H2,1-2H3,(H,14,15). The highest BCUT2D eigenvalue weighted by molar-refractivity contribution is 5.34. The van der Waals surface area contributed by atoms with Crippen LogP contribution in [0.2, 0.25) is 0 Å². The van der Waals surface area contributed by atoms with Crippen LogP contribution in [-0.2, 0) is 11.3 Å². The molecule has 1 saturated heterocycles. The average Bonchev–Trinajstić information content (AvgIpc) is 2.40. The van der Waals surface area contributed by atoms with Crippen molar-refractivity contribution < 1.29 is 4.74 Å². The molecule has 0 aliphatic carbocycles. The number of hydrogen-bond acceptors (Lipinski definition) is 4. The Hall–Kier alpha value is -1.13. The van der Waals surface area contributed by atoms with Crippen LogP contribution in [0.25, 0.3) is 0 Å². The second-order valence-corrected chi connectivity index (χ2v) is 4.41. The molecule has 1 N–H and O–H groups in total. The average molecular weight is 235 g/mol. The lowest BCUT2D eigenvalue weighted by Crippen LogP contribution is -2.44. The molecule has 1 atom stereocenters. The summed E-state index contributed by atoms with van der Waals surface area (Å²) in [5.74, 6) is 0.919. The summed E-state index contributed by atoms with van der Waals surface area (Å²) >= 11 is 0. The maximum atomic E-state index is 5.51. The second kappa shape index (κ2) is 5.98. The smallest absolute Gasteiger partial charge is 0.125 e. The van der Waals surface area contributed by atoms with Crippen molar-refractivity contribution in [2.24, 2.45) is 0 Å². The van der Waals surface area contributed by atoms with E-state index in [9.17, 15) is 0 Å². The van der Waals surface area contributed by atoms with E-state index >= 15 is 0 Å². The van der Waals surface area contributed by atoms with Crippen LogP contribution in [0.15, 0.2) is 18.3 Å². The van der Waals surface area contributed by atoms with E-state index in [1.54, 1.807) is 0 Å². The number of pyridine rings is 1. The van der Waals surface area contributed by atoms with Crippen molar-refractivity contribution >= 4 is 5.82 Å². The van der Waals surface area contributed by atoms with Gasteiger partial charge in [-0.2, -0.15) is 0 Å². The molecule has 0 aromatic carbocycles. The highest BCUT2D eigenvalue weighted by Gasteiger charge is 2.21. The fraction of sp³-hybridized carbons (Fsp3) is 0.615. The van der Waals surface area contributed by atoms with Crippen LogP contribution in [0.5, 0.6) is 0 Å². The summed E-state index contributed by atoms with van der Waals surface area (Å²) in [4.78, 5) is 6.83. The Kier molecular flexibility index (Phi) is 4.34. The van der Waals surface area contributed by atoms with Crippen LogP contribution in [0.4, 0.5) is 5.82 Å². The van der Waals surface area contributed by atoms with E-state index in [1.165, 1.54) is 5.56 Å². The van der Waals surface area contributed by atoms with E-state index in [1.807, 2.05) is 19.3 Å². The van der Waals surface area contributed by atoms with Gasteiger partial charge in [-0.1, -0.05) is 13.0 Å². The molecule has 1 aromatic heterocycles. The van der Waals surface area contributed by atoms with Crippen molar-refractivity contribution in [2.75, 3.05) is 32.1 Å². The van der Waals surface area contributed by atoms with Crippen molar-refractivity contribution in [1.82, 2.24) is 9.88 Å². The monoisotopic (exact) mass is 235 g/mol. The summed E-state index contributed by atoms with van der Waals surface area (Å²) in [6.45, 7) is 5.91. The van der Waals surface area contributed by atoms with E-state index in [4.69, 9.17) is 4.74 Å². The Morgan fingerprint density at radius 2 is 2.41 bits per heavy atom. The highest BCUT2D eigenvalue weighted by Crippen LogP contribution is 2.14. The lowest BCUT2D eigenvalue weighted by atomic mass is 10.1. The molecule has 1 unspecified atom stereocenters. The van der Waals surface area contributed by atoms with E-state index in [0.717, 1.165) is 38.5 Å². The predicted molar refractivity (Wildman–Crippen MR) is 69.1 cm³/mol. The third-order valence-corrected chi connectivity index (χ3v) is 3.29. The molecule has 1 aromatic rings. The maximum Gasteiger partial charge on any atom is 0.125 e. The third-order valence-electron chi connectivity index (χ3n) is 3.29. The zero-order valence-corrected chi connectivity index (χ0v) is 10.6. The molecule has 0 radical (unpaired) electrons. The van der Waals surface area contributed by atoms with Gasteiger partial charge in [-0.15, -0.1) is 0 Å². The molecule has 17 heavy (non-hydrogen) atoms.